The molecule has 0 aliphatic rings. The van der Waals surface area contributed by atoms with Gasteiger partial charge in [-0.3, -0.25) is 11.3 Å². The molecule has 0 aliphatic carbocycles. The minimum Gasteiger partial charge on any atom is -0.379 e. The van der Waals surface area contributed by atoms with Gasteiger partial charge in [0.2, 0.25) is 0 Å². The monoisotopic (exact) mass is 160 g/mol. The van der Waals surface area contributed by atoms with Crippen LogP contribution < -0.4 is 11.3 Å². The molecule has 11 heavy (non-hydrogen) atoms. The molecular weight excluding hydrogens is 140 g/mol. The van der Waals surface area contributed by atoms with E-state index in [0.29, 0.717) is 6.04 Å². The smallest absolute Gasteiger partial charge is 0.0623 e. The third kappa shape index (κ3) is 5.18. The first-order valence-corrected chi connectivity index (χ1v) is 4.03. The fourth-order valence-electron chi connectivity index (χ4n) is 0.750. The Balaban J connectivity index is 3.52. The van der Waals surface area contributed by atoms with Crippen LogP contribution in [-0.4, -0.2) is 18.8 Å². The summed E-state index contributed by atoms with van der Waals surface area (Å²) >= 11 is 0. The minimum absolute atomic E-state index is 0.0227. The molecule has 0 aromatic heterocycles. The molecule has 0 bridgehead atoms. The quantitative estimate of drug-likeness (QED) is 0.466. The van der Waals surface area contributed by atoms with Gasteiger partial charge in [-0.05, 0) is 33.6 Å². The molecule has 1 unspecified atom stereocenters. The van der Waals surface area contributed by atoms with Crippen molar-refractivity contribution in [1.82, 2.24) is 5.43 Å². The SMILES string of the molecule is COC(C)(C)CCC(C)NN. The summed E-state index contributed by atoms with van der Waals surface area (Å²) in [7, 11) is 1.74. The lowest BCUT2D eigenvalue weighted by atomic mass is 10.00. The summed E-state index contributed by atoms with van der Waals surface area (Å²) in [6, 6.07) is 0.365. The van der Waals surface area contributed by atoms with Gasteiger partial charge in [-0.1, -0.05) is 0 Å². The van der Waals surface area contributed by atoms with Crippen molar-refractivity contribution >= 4 is 0 Å². The van der Waals surface area contributed by atoms with E-state index in [2.05, 4.69) is 26.2 Å². The zero-order chi connectivity index (χ0) is 8.91. The Hall–Kier alpha value is -0.120. The van der Waals surface area contributed by atoms with Crippen LogP contribution >= 0.6 is 0 Å². The van der Waals surface area contributed by atoms with E-state index in [1.165, 1.54) is 0 Å². The number of hydrogen-bond donors (Lipinski definition) is 2. The second-order valence-electron chi connectivity index (χ2n) is 3.57. The average Bonchev–Trinajstić information content (AvgIpc) is 2.00. The summed E-state index contributed by atoms with van der Waals surface area (Å²) in [4.78, 5) is 0. The fraction of sp³-hybridized carbons (Fsp3) is 1.00. The zero-order valence-electron chi connectivity index (χ0n) is 7.98. The predicted molar refractivity (Wildman–Crippen MR) is 47.1 cm³/mol. The zero-order valence-corrected chi connectivity index (χ0v) is 7.98. The number of rotatable bonds is 5. The largest absolute Gasteiger partial charge is 0.379 e. The molecule has 0 aromatic rings. The van der Waals surface area contributed by atoms with Crippen LogP contribution in [0.4, 0.5) is 0 Å². The normalized spacial score (nSPS) is 15.0. The summed E-state index contributed by atoms with van der Waals surface area (Å²) in [6.07, 6.45) is 2.06. The van der Waals surface area contributed by atoms with E-state index >= 15 is 0 Å². The van der Waals surface area contributed by atoms with Gasteiger partial charge in [0.15, 0.2) is 0 Å². The lowest BCUT2D eigenvalue weighted by Crippen LogP contribution is -2.34. The Labute approximate surface area is 69.3 Å². The van der Waals surface area contributed by atoms with E-state index in [1.807, 2.05) is 0 Å². The van der Waals surface area contributed by atoms with E-state index in [0.717, 1.165) is 12.8 Å². The molecule has 0 rings (SSSR count). The molecular formula is C8H20N2O. The molecule has 3 heteroatoms. The molecule has 3 N–H and O–H groups in total. The first kappa shape index (κ1) is 10.9. The highest BCUT2D eigenvalue weighted by Crippen LogP contribution is 2.15. The van der Waals surface area contributed by atoms with Crippen LogP contribution in [0.1, 0.15) is 33.6 Å². The van der Waals surface area contributed by atoms with Crippen LogP contribution in [0, 0.1) is 0 Å². The van der Waals surface area contributed by atoms with Gasteiger partial charge in [-0.15, -0.1) is 0 Å². The molecule has 0 saturated heterocycles. The van der Waals surface area contributed by atoms with Crippen molar-refractivity contribution in [3.8, 4) is 0 Å². The number of nitrogens with two attached hydrogens (primary N) is 1. The highest BCUT2D eigenvalue weighted by molar-refractivity contribution is 4.70. The molecule has 0 radical (unpaired) electrons. The number of hydrogen-bond acceptors (Lipinski definition) is 3. The highest BCUT2D eigenvalue weighted by Gasteiger charge is 2.16. The van der Waals surface area contributed by atoms with Gasteiger partial charge in [0.05, 0.1) is 5.60 Å². The van der Waals surface area contributed by atoms with Gasteiger partial charge in [0.25, 0.3) is 0 Å². The third-order valence-corrected chi connectivity index (χ3v) is 2.02. The van der Waals surface area contributed by atoms with Crippen LogP contribution in [0.5, 0.6) is 0 Å². The first-order valence-electron chi connectivity index (χ1n) is 4.03. The molecule has 1 atom stereocenters. The topological polar surface area (TPSA) is 47.3 Å². The van der Waals surface area contributed by atoms with Crippen molar-refractivity contribution in [1.29, 1.82) is 0 Å². The Bertz CT molecular complexity index is 104. The van der Waals surface area contributed by atoms with Crippen molar-refractivity contribution < 1.29 is 4.74 Å². The van der Waals surface area contributed by atoms with Crippen molar-refractivity contribution in [2.24, 2.45) is 5.84 Å². The Morgan fingerprint density at radius 3 is 2.45 bits per heavy atom. The summed E-state index contributed by atoms with van der Waals surface area (Å²) in [5.41, 5.74) is 2.68. The molecule has 0 aliphatic heterocycles. The van der Waals surface area contributed by atoms with Crippen LogP contribution in [0.2, 0.25) is 0 Å². The molecule has 3 nitrogen and oxygen atoms in total. The maximum atomic E-state index is 5.26. The summed E-state index contributed by atoms with van der Waals surface area (Å²) < 4.78 is 5.26. The second-order valence-corrected chi connectivity index (χ2v) is 3.57. The average molecular weight is 160 g/mol. The Kier molecular flexibility index (Phi) is 4.65. The van der Waals surface area contributed by atoms with Crippen molar-refractivity contribution in [3.05, 3.63) is 0 Å². The molecule has 0 saturated carbocycles. The lowest BCUT2D eigenvalue weighted by Gasteiger charge is -2.24. The maximum Gasteiger partial charge on any atom is 0.0623 e. The number of nitrogens with one attached hydrogen (secondary N) is 1. The van der Waals surface area contributed by atoms with Crippen molar-refractivity contribution in [3.63, 3.8) is 0 Å². The fourth-order valence-corrected chi connectivity index (χ4v) is 0.750. The maximum absolute atomic E-state index is 5.26. The summed E-state index contributed by atoms with van der Waals surface area (Å²) in [5.74, 6) is 5.25. The molecule has 0 amide bonds. The molecule has 0 heterocycles. The van der Waals surface area contributed by atoms with Crippen molar-refractivity contribution in [2.75, 3.05) is 7.11 Å². The molecule has 0 fully saturated rings. The van der Waals surface area contributed by atoms with Crippen LogP contribution in [0.25, 0.3) is 0 Å². The van der Waals surface area contributed by atoms with Gasteiger partial charge in [-0.25, -0.2) is 0 Å². The Morgan fingerprint density at radius 1 is 1.55 bits per heavy atom. The molecule has 68 valence electrons. The highest BCUT2D eigenvalue weighted by atomic mass is 16.5. The van der Waals surface area contributed by atoms with E-state index < -0.39 is 0 Å². The van der Waals surface area contributed by atoms with E-state index in [4.69, 9.17) is 10.6 Å². The van der Waals surface area contributed by atoms with Gasteiger partial charge in [-0.2, -0.15) is 0 Å². The Morgan fingerprint density at radius 2 is 2.09 bits per heavy atom. The summed E-state index contributed by atoms with van der Waals surface area (Å²) in [5, 5.41) is 0. The van der Waals surface area contributed by atoms with E-state index in [1.54, 1.807) is 7.11 Å². The van der Waals surface area contributed by atoms with Gasteiger partial charge >= 0.3 is 0 Å². The first-order chi connectivity index (χ1) is 5.02. The van der Waals surface area contributed by atoms with Crippen molar-refractivity contribution in [2.45, 2.75) is 45.3 Å². The lowest BCUT2D eigenvalue weighted by molar-refractivity contribution is 0.0121. The molecule has 0 spiro atoms. The number of methoxy groups -OCH3 is 1. The predicted octanol–water partition coefficient (Wildman–Crippen LogP) is 1.04. The van der Waals surface area contributed by atoms with Gasteiger partial charge in [0, 0.05) is 13.2 Å². The second kappa shape index (κ2) is 4.70. The standard InChI is InChI=1S/C8H20N2O/c1-7(10-9)5-6-8(2,3)11-4/h7,10H,5-6,9H2,1-4H3. The van der Waals surface area contributed by atoms with Crippen LogP contribution in [0.15, 0.2) is 0 Å². The minimum atomic E-state index is -0.0227. The van der Waals surface area contributed by atoms with E-state index in [9.17, 15) is 0 Å². The van der Waals surface area contributed by atoms with Crippen LogP contribution in [0.3, 0.4) is 0 Å². The van der Waals surface area contributed by atoms with E-state index in [-0.39, 0.29) is 5.60 Å². The van der Waals surface area contributed by atoms with Gasteiger partial charge < -0.3 is 4.74 Å². The molecule has 0 aromatic carbocycles. The number of hydrazine groups is 1. The number of ether oxygens (including phenoxy) is 1. The third-order valence-electron chi connectivity index (χ3n) is 2.02. The summed E-state index contributed by atoms with van der Waals surface area (Å²) in [6.45, 7) is 6.22. The van der Waals surface area contributed by atoms with Crippen LogP contribution in [-0.2, 0) is 4.74 Å². The van der Waals surface area contributed by atoms with Gasteiger partial charge in [0.1, 0.15) is 0 Å².